The number of hydrogen-bond donors (Lipinski definition) is 1. The summed E-state index contributed by atoms with van der Waals surface area (Å²) < 4.78 is 5.32. The lowest BCUT2D eigenvalue weighted by Gasteiger charge is -1.99. The van der Waals surface area contributed by atoms with Crippen LogP contribution in [0.4, 0.5) is 0 Å². The number of ether oxygens (including phenoxy) is 1. The van der Waals surface area contributed by atoms with Gasteiger partial charge in [-0.05, 0) is 18.2 Å². The van der Waals surface area contributed by atoms with Gasteiger partial charge < -0.3 is 9.72 Å². The fraction of sp³-hybridized carbons (Fsp3) is 0.0667. The zero-order chi connectivity index (χ0) is 13.2. The molecule has 0 aliphatic carbocycles. The topological polar surface area (TPSA) is 61.7 Å². The monoisotopic (exact) mass is 249 g/mol. The van der Waals surface area contributed by atoms with Crippen LogP contribution in [0, 0.1) is 11.3 Å². The van der Waals surface area contributed by atoms with Crippen LogP contribution in [-0.2, 0) is 0 Å². The van der Waals surface area contributed by atoms with Gasteiger partial charge in [-0.25, -0.2) is 0 Å². The summed E-state index contributed by atoms with van der Waals surface area (Å²) >= 11 is 0. The van der Waals surface area contributed by atoms with Crippen molar-refractivity contribution in [3.05, 3.63) is 48.3 Å². The fourth-order valence-electron chi connectivity index (χ4n) is 2.21. The van der Waals surface area contributed by atoms with Gasteiger partial charge in [-0.15, -0.1) is 0 Å². The first-order valence-electron chi connectivity index (χ1n) is 5.84. The van der Waals surface area contributed by atoms with Gasteiger partial charge in [0.25, 0.3) is 0 Å². The van der Waals surface area contributed by atoms with E-state index in [1.165, 1.54) is 0 Å². The molecule has 1 aromatic carbocycles. The molecule has 0 saturated heterocycles. The van der Waals surface area contributed by atoms with E-state index in [0.29, 0.717) is 5.56 Å². The summed E-state index contributed by atoms with van der Waals surface area (Å²) in [5.41, 5.74) is 3.20. The van der Waals surface area contributed by atoms with Crippen molar-refractivity contribution in [3.63, 3.8) is 0 Å². The van der Waals surface area contributed by atoms with Crippen LogP contribution >= 0.6 is 0 Å². The minimum absolute atomic E-state index is 0.625. The Balaban J connectivity index is 2.35. The molecule has 0 spiro atoms. The van der Waals surface area contributed by atoms with Crippen molar-refractivity contribution >= 4 is 10.9 Å². The van der Waals surface area contributed by atoms with Gasteiger partial charge in [-0.1, -0.05) is 12.1 Å². The Morgan fingerprint density at radius 3 is 2.68 bits per heavy atom. The highest BCUT2D eigenvalue weighted by atomic mass is 16.5. The first kappa shape index (κ1) is 11.3. The molecule has 4 nitrogen and oxygen atoms in total. The number of aromatic amines is 1. The molecule has 0 bridgehead atoms. The number of H-pyrrole nitrogens is 1. The van der Waals surface area contributed by atoms with Crippen molar-refractivity contribution in [1.29, 1.82) is 5.26 Å². The second-order valence-corrected chi connectivity index (χ2v) is 4.11. The van der Waals surface area contributed by atoms with Gasteiger partial charge in [0.05, 0.1) is 23.9 Å². The van der Waals surface area contributed by atoms with E-state index in [2.05, 4.69) is 16.0 Å². The lowest BCUT2D eigenvalue weighted by Crippen LogP contribution is -1.83. The van der Waals surface area contributed by atoms with E-state index in [-0.39, 0.29) is 0 Å². The van der Waals surface area contributed by atoms with E-state index in [1.54, 1.807) is 19.5 Å². The maximum absolute atomic E-state index is 9.40. The largest absolute Gasteiger partial charge is 0.495 e. The SMILES string of the molecule is COc1cccc2c(C#N)c(-c3ccncc3)[nH]c12. The second kappa shape index (κ2) is 4.46. The van der Waals surface area contributed by atoms with E-state index >= 15 is 0 Å². The molecule has 0 radical (unpaired) electrons. The van der Waals surface area contributed by atoms with E-state index in [9.17, 15) is 5.26 Å². The fourth-order valence-corrected chi connectivity index (χ4v) is 2.21. The Kier molecular flexibility index (Phi) is 2.66. The van der Waals surface area contributed by atoms with E-state index in [1.807, 2.05) is 30.3 Å². The van der Waals surface area contributed by atoms with Crippen LogP contribution in [0.1, 0.15) is 5.56 Å². The number of aromatic nitrogens is 2. The van der Waals surface area contributed by atoms with Gasteiger partial charge in [0.15, 0.2) is 0 Å². The van der Waals surface area contributed by atoms with Crippen molar-refractivity contribution in [2.24, 2.45) is 0 Å². The van der Waals surface area contributed by atoms with E-state index in [4.69, 9.17) is 4.74 Å². The van der Waals surface area contributed by atoms with Crippen molar-refractivity contribution in [3.8, 4) is 23.1 Å². The van der Waals surface area contributed by atoms with Gasteiger partial charge in [0.1, 0.15) is 11.8 Å². The Labute approximate surface area is 110 Å². The molecule has 1 N–H and O–H groups in total. The highest BCUT2D eigenvalue weighted by Crippen LogP contribution is 2.33. The number of methoxy groups -OCH3 is 1. The number of hydrogen-bond acceptors (Lipinski definition) is 3. The summed E-state index contributed by atoms with van der Waals surface area (Å²) in [5.74, 6) is 0.731. The summed E-state index contributed by atoms with van der Waals surface area (Å²) in [6.45, 7) is 0. The lowest BCUT2D eigenvalue weighted by molar-refractivity contribution is 0.419. The van der Waals surface area contributed by atoms with Crippen LogP contribution in [0.5, 0.6) is 5.75 Å². The number of nitrogens with one attached hydrogen (secondary N) is 1. The standard InChI is InChI=1S/C15H11N3O/c1-19-13-4-2-3-11-12(9-16)14(18-15(11)13)10-5-7-17-8-6-10/h2-8,18H,1H3. The first-order chi connectivity index (χ1) is 9.35. The zero-order valence-electron chi connectivity index (χ0n) is 10.3. The smallest absolute Gasteiger partial charge is 0.142 e. The number of nitrogens with zero attached hydrogens (tertiary/aromatic N) is 2. The van der Waals surface area contributed by atoms with Crippen LogP contribution in [0.25, 0.3) is 22.2 Å². The van der Waals surface area contributed by atoms with E-state index < -0.39 is 0 Å². The molecule has 3 rings (SSSR count). The summed E-state index contributed by atoms with van der Waals surface area (Å²) in [7, 11) is 1.62. The maximum atomic E-state index is 9.40. The normalized spacial score (nSPS) is 10.3. The van der Waals surface area contributed by atoms with E-state index in [0.717, 1.165) is 27.9 Å². The molecule has 0 fully saturated rings. The second-order valence-electron chi connectivity index (χ2n) is 4.11. The number of benzene rings is 1. The summed E-state index contributed by atoms with van der Waals surface area (Å²) in [4.78, 5) is 7.27. The Morgan fingerprint density at radius 2 is 2.00 bits per heavy atom. The third-order valence-corrected chi connectivity index (χ3v) is 3.10. The molecular weight excluding hydrogens is 238 g/mol. The van der Waals surface area contributed by atoms with Crippen LogP contribution in [0.3, 0.4) is 0 Å². The number of para-hydroxylation sites is 1. The molecule has 0 unspecified atom stereocenters. The van der Waals surface area contributed by atoms with Gasteiger partial charge in [0, 0.05) is 23.3 Å². The third kappa shape index (κ3) is 1.72. The predicted molar refractivity (Wildman–Crippen MR) is 72.8 cm³/mol. The van der Waals surface area contributed by atoms with Crippen LogP contribution in [0.15, 0.2) is 42.7 Å². The molecular formula is C15H11N3O. The summed E-state index contributed by atoms with van der Waals surface area (Å²) in [6, 6.07) is 11.7. The number of fused-ring (bicyclic) bond motifs is 1. The van der Waals surface area contributed by atoms with Gasteiger partial charge in [-0.3, -0.25) is 4.98 Å². The highest BCUT2D eigenvalue weighted by Gasteiger charge is 2.15. The average Bonchev–Trinajstić information content (AvgIpc) is 2.86. The van der Waals surface area contributed by atoms with Crippen molar-refractivity contribution in [1.82, 2.24) is 9.97 Å². The Morgan fingerprint density at radius 1 is 1.21 bits per heavy atom. The molecule has 0 amide bonds. The molecule has 3 aromatic rings. The van der Waals surface area contributed by atoms with Crippen LogP contribution in [-0.4, -0.2) is 17.1 Å². The Hall–Kier alpha value is -2.80. The van der Waals surface area contributed by atoms with Crippen LogP contribution < -0.4 is 4.74 Å². The van der Waals surface area contributed by atoms with Crippen molar-refractivity contribution in [2.45, 2.75) is 0 Å². The van der Waals surface area contributed by atoms with Crippen molar-refractivity contribution in [2.75, 3.05) is 7.11 Å². The molecule has 2 heterocycles. The average molecular weight is 249 g/mol. The lowest BCUT2D eigenvalue weighted by atomic mass is 10.1. The van der Waals surface area contributed by atoms with Crippen LogP contribution in [0.2, 0.25) is 0 Å². The molecule has 0 aliphatic heterocycles. The van der Waals surface area contributed by atoms with Crippen molar-refractivity contribution < 1.29 is 4.74 Å². The number of pyridine rings is 1. The molecule has 92 valence electrons. The summed E-state index contributed by atoms with van der Waals surface area (Å²) in [5, 5.41) is 10.3. The molecule has 19 heavy (non-hydrogen) atoms. The quantitative estimate of drug-likeness (QED) is 0.759. The molecule has 0 aliphatic rings. The minimum Gasteiger partial charge on any atom is -0.495 e. The first-order valence-corrected chi connectivity index (χ1v) is 5.84. The maximum Gasteiger partial charge on any atom is 0.142 e. The molecule has 4 heteroatoms. The zero-order valence-corrected chi connectivity index (χ0v) is 10.3. The minimum atomic E-state index is 0.625. The number of rotatable bonds is 2. The van der Waals surface area contributed by atoms with Gasteiger partial charge in [-0.2, -0.15) is 5.26 Å². The third-order valence-electron chi connectivity index (χ3n) is 3.10. The van der Waals surface area contributed by atoms with Gasteiger partial charge >= 0.3 is 0 Å². The summed E-state index contributed by atoms with van der Waals surface area (Å²) in [6.07, 6.45) is 3.42. The highest BCUT2D eigenvalue weighted by molar-refractivity contribution is 5.96. The number of nitriles is 1. The molecule has 2 aromatic heterocycles. The molecule has 0 atom stereocenters. The Bertz CT molecular complexity index is 769. The van der Waals surface area contributed by atoms with Gasteiger partial charge in [0.2, 0.25) is 0 Å². The predicted octanol–water partition coefficient (Wildman–Crippen LogP) is 3.11. The molecule has 0 saturated carbocycles.